The van der Waals surface area contributed by atoms with Gasteiger partial charge in [-0.05, 0) is 47.2 Å². The Bertz CT molecular complexity index is 911. The Morgan fingerprint density at radius 2 is 1.50 bits per heavy atom. The lowest BCUT2D eigenvalue weighted by Crippen LogP contribution is -2.13. The average Bonchev–Trinajstić information content (AvgIpc) is 2.70. The maximum atomic E-state index is 12.2. The summed E-state index contributed by atoms with van der Waals surface area (Å²) in [6.07, 6.45) is 3.13. The number of aromatic nitrogens is 3. The first-order valence-corrected chi connectivity index (χ1v) is 9.40. The highest BCUT2D eigenvalue weighted by Crippen LogP contribution is 2.34. The minimum absolute atomic E-state index is 0.268. The van der Waals surface area contributed by atoms with E-state index in [0.717, 1.165) is 5.69 Å². The quantitative estimate of drug-likeness (QED) is 0.625. The first-order chi connectivity index (χ1) is 13.5. The van der Waals surface area contributed by atoms with Crippen LogP contribution in [0.5, 0.6) is 0 Å². The highest BCUT2D eigenvalue weighted by Gasteiger charge is 2.14. The van der Waals surface area contributed by atoms with E-state index in [9.17, 15) is 4.79 Å². The zero-order valence-corrected chi connectivity index (χ0v) is 16.6. The molecular formula is C22H25N5O. The summed E-state index contributed by atoms with van der Waals surface area (Å²) < 4.78 is 0. The second-order valence-corrected chi connectivity index (χ2v) is 7.25. The summed E-state index contributed by atoms with van der Waals surface area (Å²) in [7, 11) is 0. The molecule has 0 atom stereocenters. The molecule has 6 nitrogen and oxygen atoms in total. The van der Waals surface area contributed by atoms with Crippen LogP contribution in [0.2, 0.25) is 0 Å². The molecule has 0 aliphatic heterocycles. The third kappa shape index (κ3) is 4.52. The molecule has 28 heavy (non-hydrogen) atoms. The topological polar surface area (TPSA) is 79.8 Å². The number of amides is 1. The Morgan fingerprint density at radius 3 is 2.04 bits per heavy atom. The Labute approximate surface area is 165 Å². The van der Waals surface area contributed by atoms with Gasteiger partial charge in [0.15, 0.2) is 11.6 Å². The number of anilines is 3. The van der Waals surface area contributed by atoms with E-state index in [2.05, 4.69) is 71.7 Å². The van der Waals surface area contributed by atoms with E-state index in [4.69, 9.17) is 0 Å². The zero-order valence-electron chi connectivity index (χ0n) is 16.6. The Balaban J connectivity index is 1.79. The lowest BCUT2D eigenvalue weighted by molar-refractivity contribution is 0.102. The molecule has 0 saturated heterocycles. The normalized spacial score (nSPS) is 10.9. The third-order valence-corrected chi connectivity index (χ3v) is 4.46. The summed E-state index contributed by atoms with van der Waals surface area (Å²) in [5.74, 6) is 1.52. The van der Waals surface area contributed by atoms with E-state index in [1.807, 2.05) is 6.07 Å². The molecule has 0 saturated carbocycles. The fraction of sp³-hybridized carbons (Fsp3) is 0.273. The molecule has 3 aromatic rings. The highest BCUT2D eigenvalue weighted by molar-refractivity contribution is 6.03. The monoisotopic (exact) mass is 375 g/mol. The van der Waals surface area contributed by atoms with Gasteiger partial charge in [0, 0.05) is 18.1 Å². The summed E-state index contributed by atoms with van der Waals surface area (Å²) >= 11 is 0. The van der Waals surface area contributed by atoms with Gasteiger partial charge in [-0.15, -0.1) is 10.2 Å². The molecule has 0 radical (unpaired) electrons. The molecule has 3 rings (SSSR count). The molecule has 1 amide bonds. The molecule has 0 bridgehead atoms. The standard InChI is InChI=1S/C22H25N5O/c1-14(2)17-8-5-9-18(15(3)4)21(17)24-19-10-11-20(27-26-19)25-22(28)16-7-6-12-23-13-16/h5-15H,1-4H3,(H,24,26)(H,25,27,28). The Hall–Kier alpha value is -3.28. The van der Waals surface area contributed by atoms with Gasteiger partial charge in [-0.25, -0.2) is 0 Å². The molecule has 0 aliphatic carbocycles. The van der Waals surface area contributed by atoms with Crippen LogP contribution in [0.25, 0.3) is 0 Å². The zero-order chi connectivity index (χ0) is 20.1. The van der Waals surface area contributed by atoms with E-state index in [1.165, 1.54) is 17.3 Å². The van der Waals surface area contributed by atoms with Crippen molar-refractivity contribution in [2.24, 2.45) is 0 Å². The number of nitrogens with one attached hydrogen (secondary N) is 2. The lowest BCUT2D eigenvalue weighted by atomic mass is 9.92. The van der Waals surface area contributed by atoms with Crippen LogP contribution >= 0.6 is 0 Å². The van der Waals surface area contributed by atoms with Crippen LogP contribution < -0.4 is 10.6 Å². The van der Waals surface area contributed by atoms with Crippen molar-refractivity contribution >= 4 is 23.2 Å². The second kappa shape index (κ2) is 8.61. The number of hydrogen-bond acceptors (Lipinski definition) is 5. The van der Waals surface area contributed by atoms with Crippen LogP contribution in [0.15, 0.2) is 54.9 Å². The van der Waals surface area contributed by atoms with Crippen LogP contribution in [0.4, 0.5) is 17.3 Å². The van der Waals surface area contributed by atoms with E-state index < -0.39 is 0 Å². The molecule has 144 valence electrons. The minimum Gasteiger partial charge on any atom is -0.338 e. The van der Waals surface area contributed by atoms with Gasteiger partial charge in [0.25, 0.3) is 5.91 Å². The predicted octanol–water partition coefficient (Wildman–Crippen LogP) is 5.11. The number of carbonyl (C=O) groups is 1. The molecule has 2 heterocycles. The van der Waals surface area contributed by atoms with E-state index in [0.29, 0.717) is 29.0 Å². The molecule has 0 aliphatic rings. The minimum atomic E-state index is -0.268. The van der Waals surface area contributed by atoms with Crippen LogP contribution in [-0.4, -0.2) is 21.1 Å². The summed E-state index contributed by atoms with van der Waals surface area (Å²) in [5, 5.41) is 14.5. The van der Waals surface area contributed by atoms with Crippen LogP contribution in [-0.2, 0) is 0 Å². The lowest BCUT2D eigenvalue weighted by Gasteiger charge is -2.20. The van der Waals surface area contributed by atoms with Crippen molar-refractivity contribution in [1.29, 1.82) is 0 Å². The van der Waals surface area contributed by atoms with Crippen molar-refractivity contribution in [2.75, 3.05) is 10.6 Å². The maximum Gasteiger partial charge on any atom is 0.258 e. The molecule has 6 heteroatoms. The summed E-state index contributed by atoms with van der Waals surface area (Å²) in [6, 6.07) is 13.3. The van der Waals surface area contributed by atoms with Crippen molar-refractivity contribution < 1.29 is 4.79 Å². The average molecular weight is 375 g/mol. The molecule has 0 spiro atoms. The van der Waals surface area contributed by atoms with E-state index in [1.54, 1.807) is 24.4 Å². The van der Waals surface area contributed by atoms with Crippen molar-refractivity contribution in [1.82, 2.24) is 15.2 Å². The van der Waals surface area contributed by atoms with Crippen molar-refractivity contribution in [3.05, 3.63) is 71.5 Å². The first-order valence-electron chi connectivity index (χ1n) is 9.40. The number of nitrogens with zero attached hydrogens (tertiary/aromatic N) is 3. The molecule has 2 aromatic heterocycles. The summed E-state index contributed by atoms with van der Waals surface area (Å²) in [5.41, 5.74) is 4.02. The van der Waals surface area contributed by atoms with Gasteiger partial charge >= 0.3 is 0 Å². The number of carbonyl (C=O) groups excluding carboxylic acids is 1. The number of rotatable bonds is 6. The van der Waals surface area contributed by atoms with Gasteiger partial charge in [-0.3, -0.25) is 9.78 Å². The highest BCUT2D eigenvalue weighted by atomic mass is 16.1. The molecule has 0 unspecified atom stereocenters. The van der Waals surface area contributed by atoms with Gasteiger partial charge < -0.3 is 10.6 Å². The fourth-order valence-corrected chi connectivity index (χ4v) is 2.97. The van der Waals surface area contributed by atoms with Gasteiger partial charge in [-0.1, -0.05) is 45.9 Å². The summed E-state index contributed by atoms with van der Waals surface area (Å²) in [4.78, 5) is 16.1. The summed E-state index contributed by atoms with van der Waals surface area (Å²) in [6.45, 7) is 8.70. The Morgan fingerprint density at radius 1 is 0.857 bits per heavy atom. The van der Waals surface area contributed by atoms with E-state index >= 15 is 0 Å². The largest absolute Gasteiger partial charge is 0.338 e. The van der Waals surface area contributed by atoms with Crippen LogP contribution in [0.3, 0.4) is 0 Å². The second-order valence-electron chi connectivity index (χ2n) is 7.25. The Kier molecular flexibility index (Phi) is 5.99. The van der Waals surface area contributed by atoms with Gasteiger partial charge in [-0.2, -0.15) is 0 Å². The number of hydrogen-bond donors (Lipinski definition) is 2. The van der Waals surface area contributed by atoms with Crippen molar-refractivity contribution in [2.45, 2.75) is 39.5 Å². The molecular weight excluding hydrogens is 350 g/mol. The maximum absolute atomic E-state index is 12.2. The van der Waals surface area contributed by atoms with E-state index in [-0.39, 0.29) is 5.91 Å². The van der Waals surface area contributed by atoms with Gasteiger partial charge in [0.05, 0.1) is 5.56 Å². The van der Waals surface area contributed by atoms with Crippen LogP contribution in [0, 0.1) is 0 Å². The van der Waals surface area contributed by atoms with Crippen molar-refractivity contribution in [3.8, 4) is 0 Å². The van der Waals surface area contributed by atoms with Crippen LogP contribution in [0.1, 0.15) is 61.0 Å². The third-order valence-electron chi connectivity index (χ3n) is 4.46. The predicted molar refractivity (Wildman–Crippen MR) is 112 cm³/mol. The first kappa shape index (κ1) is 19.5. The van der Waals surface area contributed by atoms with Crippen molar-refractivity contribution in [3.63, 3.8) is 0 Å². The van der Waals surface area contributed by atoms with Gasteiger partial charge in [0.2, 0.25) is 0 Å². The van der Waals surface area contributed by atoms with Gasteiger partial charge in [0.1, 0.15) is 0 Å². The molecule has 1 aromatic carbocycles. The smallest absolute Gasteiger partial charge is 0.258 e. The number of pyridine rings is 1. The fourth-order valence-electron chi connectivity index (χ4n) is 2.97. The number of para-hydroxylation sites is 1. The molecule has 0 fully saturated rings. The molecule has 2 N–H and O–H groups in total. The number of benzene rings is 1. The SMILES string of the molecule is CC(C)c1cccc(C(C)C)c1Nc1ccc(NC(=O)c2cccnc2)nn1.